The fourth-order valence-electron chi connectivity index (χ4n) is 3.20. The quantitative estimate of drug-likeness (QED) is 0.838. The van der Waals surface area contributed by atoms with Crippen molar-refractivity contribution in [3.8, 4) is 0 Å². The second kappa shape index (κ2) is 8.14. The third kappa shape index (κ3) is 4.57. The standard InChI is InChI=1S/C19H28N2O2/c1-4-6-15(7-5-2)19(23)20-16-12-18(22)21(13-16)17-10-8-14(3)9-11-17/h8-11,15-16H,4-7,12-13H2,1-3H3,(H,20,23)/t16-/m1/s1. The van der Waals surface area contributed by atoms with Gasteiger partial charge in [0.25, 0.3) is 0 Å². The molecule has 1 heterocycles. The van der Waals surface area contributed by atoms with Gasteiger partial charge in [0.15, 0.2) is 0 Å². The van der Waals surface area contributed by atoms with Crippen molar-refractivity contribution in [1.82, 2.24) is 5.32 Å². The molecule has 0 radical (unpaired) electrons. The van der Waals surface area contributed by atoms with Crippen molar-refractivity contribution >= 4 is 17.5 Å². The van der Waals surface area contributed by atoms with Gasteiger partial charge in [-0.1, -0.05) is 44.4 Å². The number of hydrogen-bond acceptors (Lipinski definition) is 2. The third-order valence-corrected chi connectivity index (χ3v) is 4.46. The molecule has 23 heavy (non-hydrogen) atoms. The lowest BCUT2D eigenvalue weighted by Crippen LogP contribution is -2.40. The third-order valence-electron chi connectivity index (χ3n) is 4.46. The van der Waals surface area contributed by atoms with Crippen LogP contribution in [-0.2, 0) is 9.59 Å². The number of anilines is 1. The van der Waals surface area contributed by atoms with Crippen LogP contribution in [0.25, 0.3) is 0 Å². The lowest BCUT2D eigenvalue weighted by Gasteiger charge is -2.20. The summed E-state index contributed by atoms with van der Waals surface area (Å²) in [6.45, 7) is 6.81. The molecule has 1 saturated heterocycles. The highest BCUT2D eigenvalue weighted by atomic mass is 16.2. The Bertz CT molecular complexity index is 533. The zero-order valence-electron chi connectivity index (χ0n) is 14.5. The molecule has 1 aliphatic rings. The number of hydrogen-bond donors (Lipinski definition) is 1. The topological polar surface area (TPSA) is 49.4 Å². The van der Waals surface area contributed by atoms with Crippen molar-refractivity contribution in [3.63, 3.8) is 0 Å². The van der Waals surface area contributed by atoms with Crippen LogP contribution >= 0.6 is 0 Å². The zero-order chi connectivity index (χ0) is 16.8. The fourth-order valence-corrected chi connectivity index (χ4v) is 3.20. The van der Waals surface area contributed by atoms with Gasteiger partial charge in [-0.15, -0.1) is 0 Å². The molecule has 0 aliphatic carbocycles. The van der Waals surface area contributed by atoms with Gasteiger partial charge in [-0.05, 0) is 31.9 Å². The average molecular weight is 316 g/mol. The van der Waals surface area contributed by atoms with Gasteiger partial charge in [0, 0.05) is 24.6 Å². The molecule has 1 N–H and O–H groups in total. The van der Waals surface area contributed by atoms with E-state index >= 15 is 0 Å². The predicted octanol–water partition coefficient (Wildman–Crippen LogP) is 3.43. The van der Waals surface area contributed by atoms with Crippen molar-refractivity contribution in [2.75, 3.05) is 11.4 Å². The van der Waals surface area contributed by atoms with Crippen molar-refractivity contribution in [3.05, 3.63) is 29.8 Å². The summed E-state index contributed by atoms with van der Waals surface area (Å²) < 4.78 is 0. The van der Waals surface area contributed by atoms with Gasteiger partial charge in [-0.25, -0.2) is 0 Å². The highest BCUT2D eigenvalue weighted by molar-refractivity contribution is 5.96. The highest BCUT2D eigenvalue weighted by Gasteiger charge is 2.32. The summed E-state index contributed by atoms with van der Waals surface area (Å²) in [5.74, 6) is 0.271. The molecule has 4 nitrogen and oxygen atoms in total. The number of benzene rings is 1. The van der Waals surface area contributed by atoms with E-state index in [1.165, 1.54) is 5.56 Å². The van der Waals surface area contributed by atoms with E-state index in [1.807, 2.05) is 31.2 Å². The van der Waals surface area contributed by atoms with Crippen molar-refractivity contribution in [1.29, 1.82) is 0 Å². The summed E-state index contributed by atoms with van der Waals surface area (Å²) in [6, 6.07) is 7.87. The van der Waals surface area contributed by atoms with Crippen LogP contribution in [0.4, 0.5) is 5.69 Å². The van der Waals surface area contributed by atoms with E-state index in [2.05, 4.69) is 19.2 Å². The molecular weight excluding hydrogens is 288 g/mol. The minimum absolute atomic E-state index is 0.0764. The molecule has 0 aromatic heterocycles. The summed E-state index contributed by atoms with van der Waals surface area (Å²) in [4.78, 5) is 26.5. The number of rotatable bonds is 7. The molecular formula is C19H28N2O2. The van der Waals surface area contributed by atoms with Crippen LogP contribution in [0.15, 0.2) is 24.3 Å². The van der Waals surface area contributed by atoms with E-state index in [0.29, 0.717) is 13.0 Å². The summed E-state index contributed by atoms with van der Waals surface area (Å²) in [6.07, 6.45) is 4.25. The largest absolute Gasteiger partial charge is 0.351 e. The van der Waals surface area contributed by atoms with Crippen molar-refractivity contribution in [2.24, 2.45) is 5.92 Å². The Morgan fingerprint density at radius 1 is 1.22 bits per heavy atom. The molecule has 0 bridgehead atoms. The molecule has 1 aromatic carbocycles. The van der Waals surface area contributed by atoms with E-state index in [-0.39, 0.29) is 23.8 Å². The Kier molecular flexibility index (Phi) is 6.20. The van der Waals surface area contributed by atoms with Crippen LogP contribution in [-0.4, -0.2) is 24.4 Å². The summed E-state index contributed by atoms with van der Waals surface area (Å²) in [7, 11) is 0. The molecule has 1 fully saturated rings. The minimum atomic E-state index is -0.0764. The van der Waals surface area contributed by atoms with Crippen LogP contribution in [0.1, 0.15) is 51.5 Å². The smallest absolute Gasteiger partial charge is 0.229 e. The maximum atomic E-state index is 12.4. The van der Waals surface area contributed by atoms with Gasteiger partial charge >= 0.3 is 0 Å². The minimum Gasteiger partial charge on any atom is -0.351 e. The first-order valence-corrected chi connectivity index (χ1v) is 8.72. The average Bonchev–Trinajstić information content (AvgIpc) is 2.88. The number of nitrogens with one attached hydrogen (secondary N) is 1. The summed E-state index contributed by atoms with van der Waals surface area (Å²) in [5, 5.41) is 3.09. The van der Waals surface area contributed by atoms with E-state index in [9.17, 15) is 9.59 Å². The molecule has 1 aromatic rings. The Labute approximate surface area is 139 Å². The van der Waals surface area contributed by atoms with E-state index in [4.69, 9.17) is 0 Å². The molecule has 0 unspecified atom stereocenters. The van der Waals surface area contributed by atoms with E-state index in [0.717, 1.165) is 31.4 Å². The van der Waals surface area contributed by atoms with Crippen LogP contribution in [0.3, 0.4) is 0 Å². The van der Waals surface area contributed by atoms with Gasteiger partial charge in [-0.3, -0.25) is 9.59 Å². The Morgan fingerprint density at radius 3 is 2.39 bits per heavy atom. The Hall–Kier alpha value is -1.84. The first-order chi connectivity index (χ1) is 11.0. The molecule has 1 aliphatic heterocycles. The predicted molar refractivity (Wildman–Crippen MR) is 93.4 cm³/mol. The molecule has 0 saturated carbocycles. The Balaban J connectivity index is 1.96. The molecule has 126 valence electrons. The number of aryl methyl sites for hydroxylation is 1. The number of carbonyl (C=O) groups is 2. The molecule has 2 rings (SSSR count). The highest BCUT2D eigenvalue weighted by Crippen LogP contribution is 2.23. The monoisotopic (exact) mass is 316 g/mol. The van der Waals surface area contributed by atoms with E-state index < -0.39 is 0 Å². The zero-order valence-corrected chi connectivity index (χ0v) is 14.5. The van der Waals surface area contributed by atoms with Gasteiger partial charge in [0.1, 0.15) is 0 Å². The van der Waals surface area contributed by atoms with Gasteiger partial charge in [-0.2, -0.15) is 0 Å². The van der Waals surface area contributed by atoms with Crippen LogP contribution < -0.4 is 10.2 Å². The SMILES string of the molecule is CCCC(CCC)C(=O)N[C@@H]1CC(=O)N(c2ccc(C)cc2)C1. The maximum Gasteiger partial charge on any atom is 0.229 e. The first kappa shape index (κ1) is 17.5. The second-order valence-corrected chi connectivity index (χ2v) is 6.52. The van der Waals surface area contributed by atoms with Gasteiger partial charge in [0.2, 0.25) is 11.8 Å². The van der Waals surface area contributed by atoms with Crippen molar-refractivity contribution < 1.29 is 9.59 Å². The summed E-state index contributed by atoms with van der Waals surface area (Å²) >= 11 is 0. The maximum absolute atomic E-state index is 12.4. The van der Waals surface area contributed by atoms with Gasteiger partial charge in [0.05, 0.1) is 6.04 Å². The fraction of sp³-hybridized carbons (Fsp3) is 0.579. The lowest BCUT2D eigenvalue weighted by atomic mass is 9.97. The number of amides is 2. The van der Waals surface area contributed by atoms with Crippen LogP contribution in [0.5, 0.6) is 0 Å². The summed E-state index contributed by atoms with van der Waals surface area (Å²) in [5.41, 5.74) is 2.09. The van der Waals surface area contributed by atoms with Gasteiger partial charge < -0.3 is 10.2 Å². The van der Waals surface area contributed by atoms with Crippen LogP contribution in [0, 0.1) is 12.8 Å². The lowest BCUT2D eigenvalue weighted by molar-refractivity contribution is -0.126. The second-order valence-electron chi connectivity index (χ2n) is 6.52. The van der Waals surface area contributed by atoms with E-state index in [1.54, 1.807) is 4.90 Å². The number of nitrogens with zero attached hydrogens (tertiary/aromatic N) is 1. The molecule has 1 atom stereocenters. The number of carbonyl (C=O) groups excluding carboxylic acids is 2. The first-order valence-electron chi connectivity index (χ1n) is 8.72. The Morgan fingerprint density at radius 2 is 1.83 bits per heavy atom. The molecule has 0 spiro atoms. The van der Waals surface area contributed by atoms with Crippen molar-refractivity contribution in [2.45, 2.75) is 58.9 Å². The molecule has 4 heteroatoms. The molecule has 2 amide bonds. The van der Waals surface area contributed by atoms with Crippen LogP contribution in [0.2, 0.25) is 0 Å². The normalized spacial score (nSPS) is 17.8.